The summed E-state index contributed by atoms with van der Waals surface area (Å²) < 4.78 is 38.5. The Morgan fingerprint density at radius 2 is 1.97 bits per heavy atom. The summed E-state index contributed by atoms with van der Waals surface area (Å²) in [5.41, 5.74) is 2.58. The van der Waals surface area contributed by atoms with E-state index in [9.17, 15) is 8.42 Å². The normalized spacial score (nSPS) is 25.2. The molecule has 178 valence electrons. The van der Waals surface area contributed by atoms with Gasteiger partial charge in [-0.15, -0.1) is 6.58 Å². The lowest BCUT2D eigenvalue weighted by Gasteiger charge is -2.51. The molecule has 3 aliphatic rings. The van der Waals surface area contributed by atoms with E-state index in [1.165, 1.54) is 0 Å². The molecule has 2 aromatic carbocycles. The molecule has 3 fully saturated rings. The van der Waals surface area contributed by atoms with Gasteiger partial charge in [-0.25, -0.2) is 0 Å². The van der Waals surface area contributed by atoms with Crippen molar-refractivity contribution in [2.24, 2.45) is 11.8 Å². The molecule has 3 aliphatic heterocycles. The zero-order valence-electron chi connectivity index (χ0n) is 19.6. The summed E-state index contributed by atoms with van der Waals surface area (Å²) >= 11 is 0. The van der Waals surface area contributed by atoms with Crippen molar-refractivity contribution in [2.45, 2.75) is 36.8 Å². The molecule has 0 aliphatic carbocycles. The Kier molecular flexibility index (Phi) is 6.18. The van der Waals surface area contributed by atoms with Gasteiger partial charge in [0.15, 0.2) is 0 Å². The first-order valence-corrected chi connectivity index (χ1v) is 13.1. The number of aromatic nitrogens is 1. The van der Waals surface area contributed by atoms with E-state index in [1.54, 1.807) is 37.6 Å². The van der Waals surface area contributed by atoms with Crippen molar-refractivity contribution in [3.05, 3.63) is 78.5 Å². The highest BCUT2D eigenvalue weighted by Crippen LogP contribution is 2.44. The lowest BCUT2D eigenvalue weighted by Crippen LogP contribution is -2.55. The molecule has 0 saturated carbocycles. The fraction of sp³-hybridized carbons (Fsp3) is 0.370. The molecule has 0 spiro atoms. The third-order valence-electron chi connectivity index (χ3n) is 7.33. The number of rotatable bonds is 7. The zero-order chi connectivity index (χ0) is 23.9. The Bertz CT molecular complexity index is 1310. The molecule has 0 N–H and O–H groups in total. The minimum absolute atomic E-state index is 0.0630. The van der Waals surface area contributed by atoms with Gasteiger partial charge in [-0.3, -0.25) is 14.1 Å². The van der Waals surface area contributed by atoms with Gasteiger partial charge in [0, 0.05) is 24.2 Å². The van der Waals surface area contributed by atoms with Gasteiger partial charge in [-0.1, -0.05) is 23.8 Å². The van der Waals surface area contributed by atoms with E-state index in [1.807, 2.05) is 37.3 Å². The number of methoxy groups -OCH3 is 1. The summed E-state index contributed by atoms with van der Waals surface area (Å²) in [4.78, 5) is 7.03. The fourth-order valence-corrected chi connectivity index (χ4v) is 6.52. The minimum atomic E-state index is -3.99. The van der Waals surface area contributed by atoms with E-state index >= 15 is 0 Å². The molecule has 2 unspecified atom stereocenters. The van der Waals surface area contributed by atoms with Crippen LogP contribution in [-0.2, 0) is 14.3 Å². The molecule has 6 nitrogen and oxygen atoms in total. The van der Waals surface area contributed by atoms with Gasteiger partial charge in [0.1, 0.15) is 11.9 Å². The molecule has 6 rings (SSSR count). The van der Waals surface area contributed by atoms with Crippen LogP contribution in [0.2, 0.25) is 0 Å². The third-order valence-corrected chi connectivity index (χ3v) is 8.64. The maximum absolute atomic E-state index is 13.5. The first-order chi connectivity index (χ1) is 16.4. The second-order valence-corrected chi connectivity index (χ2v) is 10.9. The SMILES string of the molecule is C=C[C@H]1CN2CCC1C[C@H]2[C@H](OS(=O)(=O)c1ccc(C)cc1)c1ccnc2ccc(OC)cc12. The van der Waals surface area contributed by atoms with Gasteiger partial charge >= 0.3 is 0 Å². The standard InChI is InChI=1S/C27H30N2O4S/c1-4-19-17-29-14-12-20(19)15-26(29)27(33-34(30,31)22-8-5-18(2)6-9-22)23-11-13-28-25-10-7-21(32-3)16-24(23)25/h4-11,13,16,19-20,26-27H,1,12,14-15,17H2,2-3H3/t19-,20?,26-,27+/m0/s1. The highest BCUT2D eigenvalue weighted by atomic mass is 32.2. The number of nitrogens with zero attached hydrogens (tertiary/aromatic N) is 2. The maximum Gasteiger partial charge on any atom is 0.297 e. The summed E-state index contributed by atoms with van der Waals surface area (Å²) in [5, 5.41) is 0.842. The van der Waals surface area contributed by atoms with E-state index in [0.29, 0.717) is 17.6 Å². The average Bonchev–Trinajstić information content (AvgIpc) is 2.87. The maximum atomic E-state index is 13.5. The van der Waals surface area contributed by atoms with Crippen LogP contribution in [0.3, 0.4) is 0 Å². The van der Waals surface area contributed by atoms with Crippen LogP contribution in [0.1, 0.15) is 30.1 Å². The summed E-state index contributed by atoms with van der Waals surface area (Å²) in [6.45, 7) is 7.75. The third kappa shape index (κ3) is 4.24. The second kappa shape index (κ2) is 9.13. The van der Waals surface area contributed by atoms with Crippen molar-refractivity contribution in [1.82, 2.24) is 9.88 Å². The molecular weight excluding hydrogens is 448 g/mol. The molecular formula is C27H30N2O4S. The van der Waals surface area contributed by atoms with Crippen molar-refractivity contribution in [3.63, 3.8) is 0 Å². The van der Waals surface area contributed by atoms with E-state index in [0.717, 1.165) is 48.0 Å². The van der Waals surface area contributed by atoms with Gasteiger partial charge in [-0.05, 0) is 80.1 Å². The van der Waals surface area contributed by atoms with Crippen LogP contribution in [0.4, 0.5) is 0 Å². The summed E-state index contributed by atoms with van der Waals surface area (Å²) in [7, 11) is -2.37. The van der Waals surface area contributed by atoms with Crippen molar-refractivity contribution < 1.29 is 17.3 Å². The monoisotopic (exact) mass is 478 g/mol. The Morgan fingerprint density at radius 1 is 1.18 bits per heavy atom. The summed E-state index contributed by atoms with van der Waals surface area (Å²) in [6.07, 6.45) is 5.05. The smallest absolute Gasteiger partial charge is 0.297 e. The van der Waals surface area contributed by atoms with Crippen LogP contribution in [0.15, 0.2) is 72.3 Å². The number of aryl methyl sites for hydroxylation is 1. The average molecular weight is 479 g/mol. The van der Waals surface area contributed by atoms with Gasteiger partial charge in [0.25, 0.3) is 10.1 Å². The van der Waals surface area contributed by atoms with Crippen molar-refractivity contribution in [2.75, 3.05) is 20.2 Å². The van der Waals surface area contributed by atoms with Crippen LogP contribution in [0.25, 0.3) is 10.9 Å². The molecule has 3 saturated heterocycles. The van der Waals surface area contributed by atoms with Crippen molar-refractivity contribution in [3.8, 4) is 5.75 Å². The molecule has 1 aromatic heterocycles. The van der Waals surface area contributed by atoms with E-state index in [-0.39, 0.29) is 10.9 Å². The van der Waals surface area contributed by atoms with Crippen LogP contribution in [0, 0.1) is 18.8 Å². The topological polar surface area (TPSA) is 68.7 Å². The molecule has 2 bridgehead atoms. The zero-order valence-corrected chi connectivity index (χ0v) is 20.4. The van der Waals surface area contributed by atoms with Gasteiger partial charge in [0.2, 0.25) is 0 Å². The Hall–Kier alpha value is -2.74. The lowest BCUT2D eigenvalue weighted by molar-refractivity contribution is -0.0338. The summed E-state index contributed by atoms with van der Waals surface area (Å²) in [5.74, 6) is 1.59. The molecule has 7 heteroatoms. The van der Waals surface area contributed by atoms with Gasteiger partial charge < -0.3 is 4.74 Å². The number of fused-ring (bicyclic) bond motifs is 4. The predicted molar refractivity (Wildman–Crippen MR) is 132 cm³/mol. The molecule has 3 aromatic rings. The summed E-state index contributed by atoms with van der Waals surface area (Å²) in [6, 6.07) is 14.3. The Balaban J connectivity index is 1.61. The van der Waals surface area contributed by atoms with E-state index in [4.69, 9.17) is 8.92 Å². The van der Waals surface area contributed by atoms with Crippen LogP contribution >= 0.6 is 0 Å². The van der Waals surface area contributed by atoms with E-state index in [2.05, 4.69) is 16.5 Å². The van der Waals surface area contributed by atoms with E-state index < -0.39 is 16.2 Å². The number of pyridine rings is 1. The highest BCUT2D eigenvalue weighted by Gasteiger charge is 2.44. The predicted octanol–water partition coefficient (Wildman–Crippen LogP) is 4.89. The van der Waals surface area contributed by atoms with Gasteiger partial charge in [-0.2, -0.15) is 8.42 Å². The number of piperidine rings is 3. The Morgan fingerprint density at radius 3 is 2.65 bits per heavy atom. The molecule has 34 heavy (non-hydrogen) atoms. The number of hydrogen-bond donors (Lipinski definition) is 0. The van der Waals surface area contributed by atoms with Crippen molar-refractivity contribution in [1.29, 1.82) is 0 Å². The van der Waals surface area contributed by atoms with Crippen LogP contribution in [-0.4, -0.2) is 44.5 Å². The number of benzene rings is 2. The number of ether oxygens (including phenoxy) is 1. The Labute approximate surface area is 201 Å². The first-order valence-electron chi connectivity index (χ1n) is 11.7. The molecule has 5 atom stereocenters. The lowest BCUT2D eigenvalue weighted by atomic mass is 9.73. The minimum Gasteiger partial charge on any atom is -0.497 e. The highest BCUT2D eigenvalue weighted by molar-refractivity contribution is 7.86. The fourth-order valence-electron chi connectivity index (χ4n) is 5.43. The first kappa shape index (κ1) is 23.0. The van der Waals surface area contributed by atoms with Crippen molar-refractivity contribution >= 4 is 21.0 Å². The van der Waals surface area contributed by atoms with Gasteiger partial charge in [0.05, 0.1) is 17.5 Å². The molecule has 0 radical (unpaired) electrons. The quantitative estimate of drug-likeness (QED) is 0.356. The second-order valence-electron chi connectivity index (χ2n) is 9.31. The molecule has 0 amide bonds. The van der Waals surface area contributed by atoms with Crippen LogP contribution in [0.5, 0.6) is 5.75 Å². The largest absolute Gasteiger partial charge is 0.497 e. The van der Waals surface area contributed by atoms with Crippen LogP contribution < -0.4 is 4.74 Å². The molecule has 4 heterocycles. The number of hydrogen-bond acceptors (Lipinski definition) is 6.